The van der Waals surface area contributed by atoms with Gasteiger partial charge >= 0.3 is 0 Å². The van der Waals surface area contributed by atoms with Gasteiger partial charge in [0.15, 0.2) is 0 Å². The molecule has 5 nitrogen and oxygen atoms in total. The number of fused-ring (bicyclic) bond motifs is 1. The van der Waals surface area contributed by atoms with Crippen LogP contribution in [0.1, 0.15) is 29.6 Å². The molecule has 1 atom stereocenters. The third-order valence-corrected chi connectivity index (χ3v) is 2.87. The maximum Gasteiger partial charge on any atom is 0.124 e. The van der Waals surface area contributed by atoms with Crippen molar-refractivity contribution in [3.63, 3.8) is 0 Å². The maximum absolute atomic E-state index is 10.1. The zero-order valence-corrected chi connectivity index (χ0v) is 8.22. The summed E-state index contributed by atoms with van der Waals surface area (Å²) < 4.78 is 2.09. The molecule has 0 fully saturated rings. The predicted octanol–water partition coefficient (Wildman–Crippen LogP) is 0.634. The highest BCUT2D eigenvalue weighted by Gasteiger charge is 2.21. The Hall–Kier alpha value is -1.62. The maximum atomic E-state index is 10.1. The minimum atomic E-state index is -0.622. The fourth-order valence-corrected chi connectivity index (χ4v) is 2.08. The Morgan fingerprint density at radius 3 is 3.20 bits per heavy atom. The number of aliphatic hydroxyl groups excluding tert-OH is 1. The van der Waals surface area contributed by atoms with E-state index in [-0.39, 0.29) is 0 Å². The first kappa shape index (κ1) is 8.67. The molecule has 15 heavy (non-hydrogen) atoms. The second kappa shape index (κ2) is 3.20. The number of H-pyrrole nitrogens is 1. The van der Waals surface area contributed by atoms with Gasteiger partial charge in [0.2, 0.25) is 0 Å². The van der Waals surface area contributed by atoms with Gasteiger partial charge in [-0.1, -0.05) is 0 Å². The van der Waals surface area contributed by atoms with E-state index in [1.165, 1.54) is 0 Å². The number of nitrogens with zero attached hydrogens (tertiary/aromatic N) is 3. The van der Waals surface area contributed by atoms with Crippen LogP contribution in [0.5, 0.6) is 0 Å². The molecule has 0 amide bonds. The van der Waals surface area contributed by atoms with Gasteiger partial charge in [-0.25, -0.2) is 4.98 Å². The molecule has 5 heteroatoms. The zero-order valence-electron chi connectivity index (χ0n) is 8.22. The van der Waals surface area contributed by atoms with Crippen molar-refractivity contribution in [3.05, 3.63) is 35.7 Å². The van der Waals surface area contributed by atoms with E-state index in [2.05, 4.69) is 19.7 Å². The molecule has 0 saturated carbocycles. The Morgan fingerprint density at radius 2 is 2.40 bits per heavy atom. The molecule has 2 aromatic rings. The summed E-state index contributed by atoms with van der Waals surface area (Å²) in [5, 5.41) is 16.6. The van der Waals surface area contributed by atoms with Crippen molar-refractivity contribution in [2.45, 2.75) is 25.5 Å². The highest BCUT2D eigenvalue weighted by molar-refractivity contribution is 5.22. The van der Waals surface area contributed by atoms with Crippen molar-refractivity contribution in [2.75, 3.05) is 0 Å². The zero-order chi connectivity index (χ0) is 10.3. The van der Waals surface area contributed by atoms with Crippen molar-refractivity contribution in [1.82, 2.24) is 19.7 Å². The first-order chi connectivity index (χ1) is 7.36. The normalized spacial score (nSPS) is 16.6. The van der Waals surface area contributed by atoms with Gasteiger partial charge in [-0.3, -0.25) is 5.10 Å². The number of hydrogen-bond donors (Lipinski definition) is 2. The molecule has 0 aromatic carbocycles. The predicted molar refractivity (Wildman–Crippen MR) is 53.2 cm³/mol. The lowest BCUT2D eigenvalue weighted by atomic mass is 10.1. The average Bonchev–Trinajstić information content (AvgIpc) is 2.94. The number of aromatic amines is 1. The van der Waals surface area contributed by atoms with Crippen molar-refractivity contribution in [3.8, 4) is 0 Å². The minimum Gasteiger partial charge on any atom is -0.382 e. The van der Waals surface area contributed by atoms with E-state index in [1.54, 1.807) is 18.6 Å². The topological polar surface area (TPSA) is 66.7 Å². The molecule has 0 bridgehead atoms. The Kier molecular flexibility index (Phi) is 1.85. The minimum absolute atomic E-state index is 0.622. The van der Waals surface area contributed by atoms with Gasteiger partial charge in [-0.05, 0) is 6.42 Å². The summed E-state index contributed by atoms with van der Waals surface area (Å²) in [5.41, 5.74) is 1.65. The van der Waals surface area contributed by atoms with Crippen LogP contribution in [-0.2, 0) is 13.0 Å². The van der Waals surface area contributed by atoms with Gasteiger partial charge in [0.25, 0.3) is 0 Å². The van der Waals surface area contributed by atoms with Gasteiger partial charge in [0, 0.05) is 24.7 Å². The lowest BCUT2D eigenvalue weighted by Gasteiger charge is -2.10. The van der Waals surface area contributed by atoms with Crippen LogP contribution in [0.2, 0.25) is 0 Å². The molecule has 0 aliphatic carbocycles. The van der Waals surface area contributed by atoms with Crippen molar-refractivity contribution >= 4 is 0 Å². The van der Waals surface area contributed by atoms with E-state index in [0.717, 1.165) is 36.5 Å². The van der Waals surface area contributed by atoms with Crippen molar-refractivity contribution < 1.29 is 5.11 Å². The molecular formula is C10H12N4O. The summed E-state index contributed by atoms with van der Waals surface area (Å²) in [6.07, 6.45) is 6.61. The Balaban J connectivity index is 1.99. The number of hydrogen-bond acceptors (Lipinski definition) is 3. The SMILES string of the molecule is OC(c1cn[nH]c1)c1cnc2n1CCC2. The van der Waals surface area contributed by atoms with Crippen LogP contribution in [0.4, 0.5) is 0 Å². The molecule has 0 spiro atoms. The van der Waals surface area contributed by atoms with Gasteiger partial charge in [-0.15, -0.1) is 0 Å². The van der Waals surface area contributed by atoms with E-state index in [1.807, 2.05) is 0 Å². The monoisotopic (exact) mass is 204 g/mol. The summed E-state index contributed by atoms with van der Waals surface area (Å²) in [4.78, 5) is 4.30. The standard InChI is InChI=1S/C10H12N4O/c15-10(7-4-12-13-5-7)8-6-11-9-2-1-3-14(8)9/h4-6,10,15H,1-3H2,(H,12,13). The Bertz CT molecular complexity index is 460. The van der Waals surface area contributed by atoms with Gasteiger partial charge < -0.3 is 9.67 Å². The van der Waals surface area contributed by atoms with Crippen LogP contribution in [0.3, 0.4) is 0 Å². The highest BCUT2D eigenvalue weighted by Crippen LogP contribution is 2.25. The van der Waals surface area contributed by atoms with E-state index < -0.39 is 6.10 Å². The third kappa shape index (κ3) is 1.27. The van der Waals surface area contributed by atoms with Crippen LogP contribution < -0.4 is 0 Å². The number of aromatic nitrogens is 4. The molecule has 0 saturated heterocycles. The van der Waals surface area contributed by atoms with Crippen LogP contribution in [0, 0.1) is 0 Å². The van der Waals surface area contributed by atoms with E-state index in [9.17, 15) is 5.11 Å². The smallest absolute Gasteiger partial charge is 0.124 e. The molecule has 2 N–H and O–H groups in total. The fraction of sp³-hybridized carbons (Fsp3) is 0.400. The van der Waals surface area contributed by atoms with Crippen LogP contribution >= 0.6 is 0 Å². The lowest BCUT2D eigenvalue weighted by Crippen LogP contribution is -2.06. The first-order valence-corrected chi connectivity index (χ1v) is 5.07. The number of rotatable bonds is 2. The Labute approximate surface area is 86.8 Å². The van der Waals surface area contributed by atoms with Crippen molar-refractivity contribution in [1.29, 1.82) is 0 Å². The second-order valence-electron chi connectivity index (χ2n) is 3.79. The summed E-state index contributed by atoms with van der Waals surface area (Å²) in [7, 11) is 0. The molecule has 1 unspecified atom stereocenters. The second-order valence-corrected chi connectivity index (χ2v) is 3.79. The van der Waals surface area contributed by atoms with Gasteiger partial charge in [0.1, 0.15) is 11.9 Å². The van der Waals surface area contributed by atoms with Crippen molar-refractivity contribution in [2.24, 2.45) is 0 Å². The molecule has 78 valence electrons. The largest absolute Gasteiger partial charge is 0.382 e. The molecule has 3 rings (SSSR count). The summed E-state index contributed by atoms with van der Waals surface area (Å²) in [6, 6.07) is 0. The molecule has 1 aliphatic rings. The van der Waals surface area contributed by atoms with Gasteiger partial charge in [-0.2, -0.15) is 5.10 Å². The van der Waals surface area contributed by atoms with E-state index in [4.69, 9.17) is 0 Å². The summed E-state index contributed by atoms with van der Waals surface area (Å²) in [6.45, 7) is 0.958. The van der Waals surface area contributed by atoms with Crippen LogP contribution in [0.25, 0.3) is 0 Å². The lowest BCUT2D eigenvalue weighted by molar-refractivity contribution is 0.210. The molecule has 2 aromatic heterocycles. The Morgan fingerprint density at radius 1 is 1.47 bits per heavy atom. The number of nitrogens with one attached hydrogen (secondary N) is 1. The summed E-state index contributed by atoms with van der Waals surface area (Å²) >= 11 is 0. The first-order valence-electron chi connectivity index (χ1n) is 5.07. The number of aryl methyl sites for hydroxylation is 1. The van der Waals surface area contributed by atoms with Crippen LogP contribution in [0.15, 0.2) is 18.6 Å². The molecule has 1 aliphatic heterocycles. The molecular weight excluding hydrogens is 192 g/mol. The van der Waals surface area contributed by atoms with Crippen LogP contribution in [-0.4, -0.2) is 24.9 Å². The quantitative estimate of drug-likeness (QED) is 0.754. The van der Waals surface area contributed by atoms with E-state index in [0.29, 0.717) is 0 Å². The highest BCUT2D eigenvalue weighted by atomic mass is 16.3. The fourth-order valence-electron chi connectivity index (χ4n) is 2.08. The molecule has 0 radical (unpaired) electrons. The summed E-state index contributed by atoms with van der Waals surface area (Å²) in [5.74, 6) is 1.08. The number of imidazole rings is 1. The van der Waals surface area contributed by atoms with E-state index >= 15 is 0 Å². The third-order valence-electron chi connectivity index (χ3n) is 2.87. The van der Waals surface area contributed by atoms with Gasteiger partial charge in [0.05, 0.1) is 18.1 Å². The molecule has 3 heterocycles. The average molecular weight is 204 g/mol. The number of aliphatic hydroxyl groups is 1.